The number of aromatic nitrogens is 2. The standard InChI is InChI=1S/C12H14N2/c1-9-5-6-12-13-11(8-14(12)7-9)10-3-2-4-10/h5-8,10H,2-4H2,1H3. The van der Waals surface area contributed by atoms with Gasteiger partial charge >= 0.3 is 0 Å². The van der Waals surface area contributed by atoms with Crippen molar-refractivity contribution < 1.29 is 0 Å². The van der Waals surface area contributed by atoms with Crippen LogP contribution in [-0.2, 0) is 0 Å². The van der Waals surface area contributed by atoms with Crippen LogP contribution in [0.2, 0.25) is 0 Å². The average Bonchev–Trinajstić information content (AvgIpc) is 2.43. The topological polar surface area (TPSA) is 17.3 Å². The maximum absolute atomic E-state index is 4.64. The second-order valence-corrected chi connectivity index (χ2v) is 4.27. The number of pyridine rings is 1. The first-order chi connectivity index (χ1) is 6.83. The van der Waals surface area contributed by atoms with Crippen LogP contribution in [0, 0.1) is 6.92 Å². The lowest BCUT2D eigenvalue weighted by molar-refractivity contribution is 0.412. The number of hydrogen-bond acceptors (Lipinski definition) is 1. The van der Waals surface area contributed by atoms with Crippen LogP contribution in [0.4, 0.5) is 0 Å². The molecule has 2 heteroatoms. The summed E-state index contributed by atoms with van der Waals surface area (Å²) >= 11 is 0. The maximum Gasteiger partial charge on any atom is 0.136 e. The minimum absolute atomic E-state index is 0.732. The van der Waals surface area contributed by atoms with Crippen molar-refractivity contribution in [3.8, 4) is 0 Å². The maximum atomic E-state index is 4.64. The average molecular weight is 186 g/mol. The Hall–Kier alpha value is -1.31. The number of imidazole rings is 1. The summed E-state index contributed by atoms with van der Waals surface area (Å²) in [6.45, 7) is 2.11. The molecular weight excluding hydrogens is 172 g/mol. The summed E-state index contributed by atoms with van der Waals surface area (Å²) in [6, 6.07) is 4.21. The van der Waals surface area contributed by atoms with Crippen LogP contribution in [-0.4, -0.2) is 9.38 Å². The van der Waals surface area contributed by atoms with E-state index in [9.17, 15) is 0 Å². The molecule has 0 aliphatic heterocycles. The monoisotopic (exact) mass is 186 g/mol. The summed E-state index contributed by atoms with van der Waals surface area (Å²) in [6.07, 6.45) is 8.35. The highest BCUT2D eigenvalue weighted by molar-refractivity contribution is 5.42. The number of nitrogens with zero attached hydrogens (tertiary/aromatic N) is 2. The molecule has 0 saturated heterocycles. The molecule has 72 valence electrons. The highest BCUT2D eigenvalue weighted by Gasteiger charge is 2.21. The zero-order valence-electron chi connectivity index (χ0n) is 8.40. The molecular formula is C12H14N2. The van der Waals surface area contributed by atoms with Gasteiger partial charge in [-0.25, -0.2) is 4.98 Å². The summed E-state index contributed by atoms with van der Waals surface area (Å²) in [5.41, 5.74) is 3.65. The summed E-state index contributed by atoms with van der Waals surface area (Å²) in [5, 5.41) is 0. The Bertz CT molecular complexity index is 466. The molecule has 2 heterocycles. The number of fused-ring (bicyclic) bond motifs is 1. The van der Waals surface area contributed by atoms with Crippen molar-refractivity contribution in [2.75, 3.05) is 0 Å². The quantitative estimate of drug-likeness (QED) is 0.669. The summed E-state index contributed by atoms with van der Waals surface area (Å²) < 4.78 is 2.14. The highest BCUT2D eigenvalue weighted by Crippen LogP contribution is 2.35. The van der Waals surface area contributed by atoms with E-state index in [1.54, 1.807) is 0 Å². The zero-order valence-corrected chi connectivity index (χ0v) is 8.40. The third-order valence-corrected chi connectivity index (χ3v) is 3.14. The molecule has 0 atom stereocenters. The van der Waals surface area contributed by atoms with Crippen molar-refractivity contribution in [2.45, 2.75) is 32.1 Å². The van der Waals surface area contributed by atoms with Gasteiger partial charge in [0.25, 0.3) is 0 Å². The molecule has 1 aliphatic rings. The van der Waals surface area contributed by atoms with Gasteiger partial charge in [0.2, 0.25) is 0 Å². The molecule has 0 N–H and O–H groups in total. The smallest absolute Gasteiger partial charge is 0.136 e. The third-order valence-electron chi connectivity index (χ3n) is 3.14. The fourth-order valence-electron chi connectivity index (χ4n) is 2.02. The number of aryl methyl sites for hydroxylation is 1. The van der Waals surface area contributed by atoms with Gasteiger partial charge in [0.05, 0.1) is 5.69 Å². The highest BCUT2D eigenvalue weighted by atomic mass is 15.0. The molecule has 1 aliphatic carbocycles. The number of rotatable bonds is 1. The van der Waals surface area contributed by atoms with E-state index in [4.69, 9.17) is 0 Å². The van der Waals surface area contributed by atoms with Gasteiger partial charge in [0, 0.05) is 18.3 Å². The van der Waals surface area contributed by atoms with Crippen molar-refractivity contribution in [3.63, 3.8) is 0 Å². The van der Waals surface area contributed by atoms with Crippen LogP contribution in [0.3, 0.4) is 0 Å². The number of hydrogen-bond donors (Lipinski definition) is 0. The predicted molar refractivity (Wildman–Crippen MR) is 56.5 cm³/mol. The van der Waals surface area contributed by atoms with E-state index < -0.39 is 0 Å². The lowest BCUT2D eigenvalue weighted by Gasteiger charge is -2.22. The molecule has 14 heavy (non-hydrogen) atoms. The largest absolute Gasteiger partial charge is 0.307 e. The Morgan fingerprint density at radius 1 is 1.29 bits per heavy atom. The van der Waals surface area contributed by atoms with Crippen molar-refractivity contribution in [3.05, 3.63) is 35.8 Å². The predicted octanol–water partition coefficient (Wildman–Crippen LogP) is 2.91. The van der Waals surface area contributed by atoms with Crippen LogP contribution in [0.5, 0.6) is 0 Å². The molecule has 2 aromatic rings. The van der Waals surface area contributed by atoms with E-state index in [2.05, 4.69) is 40.8 Å². The summed E-state index contributed by atoms with van der Waals surface area (Å²) in [5.74, 6) is 0.732. The van der Waals surface area contributed by atoms with Crippen molar-refractivity contribution in [1.29, 1.82) is 0 Å². The molecule has 0 aromatic carbocycles. The molecule has 2 aromatic heterocycles. The van der Waals surface area contributed by atoms with Crippen LogP contribution in [0.25, 0.3) is 5.65 Å². The molecule has 1 fully saturated rings. The minimum Gasteiger partial charge on any atom is -0.307 e. The normalized spacial score (nSPS) is 17.2. The molecule has 2 nitrogen and oxygen atoms in total. The van der Waals surface area contributed by atoms with Crippen molar-refractivity contribution >= 4 is 5.65 Å². The second-order valence-electron chi connectivity index (χ2n) is 4.27. The van der Waals surface area contributed by atoms with Gasteiger partial charge in [-0.15, -0.1) is 0 Å². The Morgan fingerprint density at radius 2 is 2.14 bits per heavy atom. The molecule has 0 amide bonds. The molecule has 0 bridgehead atoms. The van der Waals surface area contributed by atoms with Gasteiger partial charge in [-0.05, 0) is 31.4 Å². The summed E-state index contributed by atoms with van der Waals surface area (Å²) in [7, 11) is 0. The van der Waals surface area contributed by atoms with E-state index in [1.165, 1.54) is 30.5 Å². The van der Waals surface area contributed by atoms with E-state index in [1.807, 2.05) is 0 Å². The Kier molecular flexibility index (Phi) is 1.63. The Balaban J connectivity index is 2.10. The van der Waals surface area contributed by atoms with Gasteiger partial charge < -0.3 is 4.40 Å². The molecule has 3 rings (SSSR count). The Labute approximate surface area is 83.6 Å². The summed E-state index contributed by atoms with van der Waals surface area (Å²) in [4.78, 5) is 4.64. The van der Waals surface area contributed by atoms with Crippen LogP contribution >= 0.6 is 0 Å². The van der Waals surface area contributed by atoms with Crippen LogP contribution < -0.4 is 0 Å². The lowest BCUT2D eigenvalue weighted by Crippen LogP contribution is -2.08. The molecule has 1 saturated carbocycles. The zero-order chi connectivity index (χ0) is 9.54. The SMILES string of the molecule is Cc1ccc2nc(C3CCC3)cn2c1. The second kappa shape index (κ2) is 2.84. The fourth-order valence-corrected chi connectivity index (χ4v) is 2.02. The van der Waals surface area contributed by atoms with E-state index >= 15 is 0 Å². The van der Waals surface area contributed by atoms with E-state index in [0.29, 0.717) is 0 Å². The minimum atomic E-state index is 0.732. The lowest BCUT2D eigenvalue weighted by atomic mass is 9.83. The van der Waals surface area contributed by atoms with Crippen LogP contribution in [0.1, 0.15) is 36.4 Å². The van der Waals surface area contributed by atoms with Gasteiger partial charge in [-0.1, -0.05) is 12.5 Å². The first kappa shape index (κ1) is 8.04. The van der Waals surface area contributed by atoms with Crippen molar-refractivity contribution in [2.24, 2.45) is 0 Å². The van der Waals surface area contributed by atoms with Gasteiger partial charge in [-0.3, -0.25) is 0 Å². The Morgan fingerprint density at radius 3 is 2.86 bits per heavy atom. The first-order valence-electron chi connectivity index (χ1n) is 5.28. The van der Waals surface area contributed by atoms with Gasteiger partial charge in [0.15, 0.2) is 0 Å². The van der Waals surface area contributed by atoms with Crippen molar-refractivity contribution in [1.82, 2.24) is 9.38 Å². The third kappa shape index (κ3) is 1.14. The molecule has 0 radical (unpaired) electrons. The van der Waals surface area contributed by atoms with Gasteiger partial charge in [0.1, 0.15) is 5.65 Å². The molecule has 0 unspecified atom stereocenters. The molecule has 0 spiro atoms. The van der Waals surface area contributed by atoms with Gasteiger partial charge in [-0.2, -0.15) is 0 Å². The van der Waals surface area contributed by atoms with E-state index in [-0.39, 0.29) is 0 Å². The fraction of sp³-hybridized carbons (Fsp3) is 0.417. The van der Waals surface area contributed by atoms with E-state index in [0.717, 1.165) is 11.6 Å². The first-order valence-corrected chi connectivity index (χ1v) is 5.28. The van der Waals surface area contributed by atoms with Crippen LogP contribution in [0.15, 0.2) is 24.5 Å².